The average Bonchev–Trinajstić information content (AvgIpc) is 2.78. The van der Waals surface area contributed by atoms with Crippen LogP contribution in [-0.2, 0) is 15.6 Å². The highest BCUT2D eigenvalue weighted by Crippen LogP contribution is 2.27. The van der Waals surface area contributed by atoms with Crippen LogP contribution in [0.4, 0.5) is 0 Å². The van der Waals surface area contributed by atoms with Crippen LogP contribution < -0.4 is 0 Å². The van der Waals surface area contributed by atoms with Crippen molar-refractivity contribution >= 4 is 27.1 Å². The van der Waals surface area contributed by atoms with Crippen LogP contribution in [0.5, 0.6) is 0 Å². The lowest BCUT2D eigenvalue weighted by atomic mass is 10.0. The minimum atomic E-state index is -3.19. The molecule has 100 valence electrons. The number of aromatic nitrogens is 1. The van der Waals surface area contributed by atoms with Gasteiger partial charge in [-0.1, -0.05) is 19.3 Å². The van der Waals surface area contributed by atoms with E-state index in [1.54, 1.807) is 0 Å². The fraction of sp³-hybridized carbons (Fsp3) is 0.636. The van der Waals surface area contributed by atoms with Crippen molar-refractivity contribution in [2.75, 3.05) is 0 Å². The van der Waals surface area contributed by atoms with Crippen LogP contribution in [-0.4, -0.2) is 29.7 Å². The number of aromatic carboxylic acids is 1. The predicted molar refractivity (Wildman–Crippen MR) is 68.6 cm³/mol. The number of sulfone groups is 1. The van der Waals surface area contributed by atoms with Gasteiger partial charge in [-0.25, -0.2) is 18.2 Å². The summed E-state index contributed by atoms with van der Waals surface area (Å²) in [5.74, 6) is -1.19. The number of carboxylic acids is 1. The van der Waals surface area contributed by atoms with Gasteiger partial charge in [-0.05, 0) is 12.8 Å². The summed E-state index contributed by atoms with van der Waals surface area (Å²) in [6, 6.07) is 0. The molecular weight excluding hydrogens is 274 g/mol. The van der Waals surface area contributed by atoms with Crippen molar-refractivity contribution in [2.45, 2.75) is 43.1 Å². The summed E-state index contributed by atoms with van der Waals surface area (Å²) in [6.07, 6.45) is 5.69. The number of hydrogen-bond acceptors (Lipinski definition) is 5. The number of carbonyl (C=O) groups is 1. The first-order valence-corrected chi connectivity index (χ1v) is 8.42. The van der Waals surface area contributed by atoms with Crippen molar-refractivity contribution in [2.24, 2.45) is 0 Å². The van der Waals surface area contributed by atoms with Gasteiger partial charge < -0.3 is 5.11 Å². The SMILES string of the molecule is O=C(O)c1cnc(CS(=O)(=O)C2CCCCC2)s1. The molecule has 0 radical (unpaired) electrons. The highest BCUT2D eigenvalue weighted by molar-refractivity contribution is 7.91. The molecule has 7 heteroatoms. The summed E-state index contributed by atoms with van der Waals surface area (Å²) in [6.45, 7) is 0. The number of rotatable bonds is 4. The molecule has 2 rings (SSSR count). The summed E-state index contributed by atoms with van der Waals surface area (Å²) in [4.78, 5) is 14.7. The quantitative estimate of drug-likeness (QED) is 0.917. The van der Waals surface area contributed by atoms with Gasteiger partial charge in [-0.2, -0.15) is 0 Å². The molecule has 1 aromatic rings. The van der Waals surface area contributed by atoms with Gasteiger partial charge in [-0.3, -0.25) is 0 Å². The van der Waals surface area contributed by atoms with E-state index in [0.717, 1.165) is 43.4 Å². The zero-order chi connectivity index (χ0) is 13.2. The zero-order valence-electron chi connectivity index (χ0n) is 9.83. The highest BCUT2D eigenvalue weighted by Gasteiger charge is 2.28. The van der Waals surface area contributed by atoms with E-state index in [1.807, 2.05) is 0 Å². The number of nitrogens with zero attached hydrogens (tertiary/aromatic N) is 1. The Morgan fingerprint density at radius 3 is 2.61 bits per heavy atom. The normalized spacial score (nSPS) is 17.8. The number of thiazole rings is 1. The van der Waals surface area contributed by atoms with E-state index in [9.17, 15) is 13.2 Å². The molecule has 0 saturated heterocycles. The minimum Gasteiger partial charge on any atom is -0.477 e. The maximum Gasteiger partial charge on any atom is 0.347 e. The molecule has 1 fully saturated rings. The third-order valence-corrected chi connectivity index (χ3v) is 6.48. The summed E-state index contributed by atoms with van der Waals surface area (Å²) in [7, 11) is -3.19. The second-order valence-corrected chi connectivity index (χ2v) is 7.89. The standard InChI is InChI=1S/C11H15NO4S2/c13-11(14)9-6-12-10(17-9)7-18(15,16)8-4-2-1-3-5-8/h6,8H,1-5,7H2,(H,13,14). The molecule has 0 aliphatic heterocycles. The zero-order valence-corrected chi connectivity index (χ0v) is 11.5. The molecule has 1 N–H and O–H groups in total. The molecule has 0 unspecified atom stereocenters. The summed E-state index contributed by atoms with van der Waals surface area (Å²) < 4.78 is 24.3. The Kier molecular flexibility index (Phi) is 4.01. The molecule has 1 aromatic heterocycles. The first kappa shape index (κ1) is 13.5. The Balaban J connectivity index is 2.08. The Morgan fingerprint density at radius 1 is 1.39 bits per heavy atom. The van der Waals surface area contributed by atoms with Crippen LogP contribution in [0.25, 0.3) is 0 Å². The van der Waals surface area contributed by atoms with E-state index in [1.165, 1.54) is 6.20 Å². The van der Waals surface area contributed by atoms with Crippen LogP contribution in [0.1, 0.15) is 46.8 Å². The average molecular weight is 289 g/mol. The van der Waals surface area contributed by atoms with Gasteiger partial charge >= 0.3 is 5.97 Å². The molecule has 1 heterocycles. The van der Waals surface area contributed by atoms with Gasteiger partial charge in [0, 0.05) is 0 Å². The van der Waals surface area contributed by atoms with Crippen molar-refractivity contribution in [3.63, 3.8) is 0 Å². The van der Waals surface area contributed by atoms with E-state index in [2.05, 4.69) is 4.98 Å². The Bertz CT molecular complexity index is 529. The third-order valence-electron chi connectivity index (χ3n) is 3.15. The second-order valence-electron chi connectivity index (χ2n) is 4.49. The number of hydrogen-bond donors (Lipinski definition) is 1. The van der Waals surface area contributed by atoms with Gasteiger partial charge in [0.2, 0.25) is 0 Å². The lowest BCUT2D eigenvalue weighted by Crippen LogP contribution is -2.25. The van der Waals surface area contributed by atoms with E-state index in [-0.39, 0.29) is 15.9 Å². The fourth-order valence-corrected chi connectivity index (χ4v) is 5.18. The molecule has 18 heavy (non-hydrogen) atoms. The molecular formula is C11H15NO4S2. The molecule has 0 amide bonds. The van der Waals surface area contributed by atoms with Gasteiger partial charge in [0.25, 0.3) is 0 Å². The topological polar surface area (TPSA) is 84.3 Å². The fourth-order valence-electron chi connectivity index (χ4n) is 2.19. The Labute approximate surface area is 110 Å². The first-order valence-electron chi connectivity index (χ1n) is 5.88. The largest absolute Gasteiger partial charge is 0.477 e. The van der Waals surface area contributed by atoms with Gasteiger partial charge in [0.05, 0.1) is 11.4 Å². The maximum absolute atomic E-state index is 12.2. The molecule has 0 atom stereocenters. The van der Waals surface area contributed by atoms with Gasteiger partial charge in [-0.15, -0.1) is 11.3 Å². The van der Waals surface area contributed by atoms with E-state index in [4.69, 9.17) is 5.11 Å². The van der Waals surface area contributed by atoms with Crippen molar-refractivity contribution in [1.82, 2.24) is 4.98 Å². The molecule has 1 aliphatic rings. The van der Waals surface area contributed by atoms with Crippen molar-refractivity contribution in [3.8, 4) is 0 Å². The number of carboxylic acid groups (broad SMARTS) is 1. The molecule has 5 nitrogen and oxygen atoms in total. The predicted octanol–water partition coefficient (Wildman–Crippen LogP) is 2.09. The van der Waals surface area contributed by atoms with Gasteiger partial charge in [0.1, 0.15) is 15.6 Å². The van der Waals surface area contributed by atoms with E-state index in [0.29, 0.717) is 5.01 Å². The van der Waals surface area contributed by atoms with Crippen LogP contribution in [0.15, 0.2) is 6.20 Å². The van der Waals surface area contributed by atoms with Crippen LogP contribution in [0.2, 0.25) is 0 Å². The van der Waals surface area contributed by atoms with Gasteiger partial charge in [0.15, 0.2) is 9.84 Å². The molecule has 1 aliphatic carbocycles. The van der Waals surface area contributed by atoms with Crippen LogP contribution in [0, 0.1) is 0 Å². The molecule has 1 saturated carbocycles. The Morgan fingerprint density at radius 2 is 2.06 bits per heavy atom. The molecule has 0 bridgehead atoms. The van der Waals surface area contributed by atoms with E-state index < -0.39 is 15.8 Å². The van der Waals surface area contributed by atoms with Crippen LogP contribution in [0.3, 0.4) is 0 Å². The van der Waals surface area contributed by atoms with Crippen LogP contribution >= 0.6 is 11.3 Å². The van der Waals surface area contributed by atoms with Crippen molar-refractivity contribution in [1.29, 1.82) is 0 Å². The summed E-state index contributed by atoms with van der Waals surface area (Å²) >= 11 is 0.942. The Hall–Kier alpha value is -0.950. The van der Waals surface area contributed by atoms with Crippen molar-refractivity contribution in [3.05, 3.63) is 16.1 Å². The monoisotopic (exact) mass is 289 g/mol. The molecule has 0 aromatic carbocycles. The smallest absolute Gasteiger partial charge is 0.347 e. The lowest BCUT2D eigenvalue weighted by molar-refractivity contribution is 0.0702. The third kappa shape index (κ3) is 3.08. The van der Waals surface area contributed by atoms with E-state index >= 15 is 0 Å². The minimum absolute atomic E-state index is 0.0869. The highest BCUT2D eigenvalue weighted by atomic mass is 32.2. The summed E-state index contributed by atoms with van der Waals surface area (Å²) in [5.41, 5.74) is 0. The lowest BCUT2D eigenvalue weighted by Gasteiger charge is -2.21. The molecule has 0 spiro atoms. The van der Waals surface area contributed by atoms with Crippen molar-refractivity contribution < 1.29 is 18.3 Å². The second kappa shape index (κ2) is 5.36. The first-order chi connectivity index (χ1) is 8.49. The maximum atomic E-state index is 12.2. The summed E-state index contributed by atoms with van der Waals surface area (Å²) in [5, 5.41) is 8.86.